The van der Waals surface area contributed by atoms with Gasteiger partial charge in [0.05, 0.1) is 0 Å². The maximum Gasteiger partial charge on any atom is 0.222 e. The fourth-order valence-corrected chi connectivity index (χ4v) is 2.22. The number of aryl methyl sites for hydroxylation is 1. The van der Waals surface area contributed by atoms with Gasteiger partial charge in [-0.05, 0) is 43.9 Å². The van der Waals surface area contributed by atoms with Crippen LogP contribution >= 0.6 is 0 Å². The molecule has 1 saturated heterocycles. The number of carbonyl (C=O) groups is 1. The predicted octanol–water partition coefficient (Wildman–Crippen LogP) is 2.38. The molecule has 92 valence electrons. The SMILES string of the molecule is Cc1cccc(NC2CCCNC(=O)C2)c1C. The van der Waals surface area contributed by atoms with Crippen LogP contribution in [0.2, 0.25) is 0 Å². The van der Waals surface area contributed by atoms with Crippen molar-refractivity contribution in [3.8, 4) is 0 Å². The van der Waals surface area contributed by atoms with Crippen molar-refractivity contribution >= 4 is 11.6 Å². The molecule has 1 aromatic rings. The van der Waals surface area contributed by atoms with Crippen LogP contribution in [0.5, 0.6) is 0 Å². The summed E-state index contributed by atoms with van der Waals surface area (Å²) in [6.45, 7) is 5.04. The minimum atomic E-state index is 0.158. The smallest absolute Gasteiger partial charge is 0.222 e. The first-order chi connectivity index (χ1) is 8.16. The second-order valence-electron chi connectivity index (χ2n) is 4.79. The van der Waals surface area contributed by atoms with Crippen molar-refractivity contribution in [3.63, 3.8) is 0 Å². The summed E-state index contributed by atoms with van der Waals surface area (Å²) in [4.78, 5) is 11.5. The number of nitrogens with one attached hydrogen (secondary N) is 2. The van der Waals surface area contributed by atoms with Gasteiger partial charge in [-0.3, -0.25) is 4.79 Å². The minimum absolute atomic E-state index is 0.158. The van der Waals surface area contributed by atoms with Gasteiger partial charge in [-0.25, -0.2) is 0 Å². The Kier molecular flexibility index (Phi) is 3.67. The summed E-state index contributed by atoms with van der Waals surface area (Å²) in [5, 5.41) is 6.41. The molecule has 1 unspecified atom stereocenters. The van der Waals surface area contributed by atoms with Crippen molar-refractivity contribution in [2.45, 2.75) is 39.2 Å². The van der Waals surface area contributed by atoms with Crippen LogP contribution in [-0.2, 0) is 4.79 Å². The average molecular weight is 232 g/mol. The standard InChI is InChI=1S/C14H20N2O/c1-10-5-3-7-13(11(10)2)16-12-6-4-8-15-14(17)9-12/h3,5,7,12,16H,4,6,8-9H2,1-2H3,(H,15,17). The molecular weight excluding hydrogens is 212 g/mol. The van der Waals surface area contributed by atoms with Gasteiger partial charge in [-0.15, -0.1) is 0 Å². The van der Waals surface area contributed by atoms with Crippen LogP contribution in [0.4, 0.5) is 5.69 Å². The predicted molar refractivity (Wildman–Crippen MR) is 70.2 cm³/mol. The highest BCUT2D eigenvalue weighted by molar-refractivity contribution is 5.77. The van der Waals surface area contributed by atoms with E-state index in [4.69, 9.17) is 0 Å². The van der Waals surface area contributed by atoms with Gasteiger partial charge in [0.15, 0.2) is 0 Å². The Morgan fingerprint density at radius 1 is 1.35 bits per heavy atom. The highest BCUT2D eigenvalue weighted by Crippen LogP contribution is 2.21. The highest BCUT2D eigenvalue weighted by Gasteiger charge is 2.17. The van der Waals surface area contributed by atoms with Crippen molar-refractivity contribution in [2.75, 3.05) is 11.9 Å². The molecule has 17 heavy (non-hydrogen) atoms. The number of benzene rings is 1. The van der Waals surface area contributed by atoms with Crippen molar-refractivity contribution in [1.29, 1.82) is 0 Å². The second-order valence-corrected chi connectivity index (χ2v) is 4.79. The van der Waals surface area contributed by atoms with E-state index in [1.54, 1.807) is 0 Å². The topological polar surface area (TPSA) is 41.1 Å². The van der Waals surface area contributed by atoms with E-state index in [9.17, 15) is 4.79 Å². The Balaban J connectivity index is 2.09. The molecule has 1 heterocycles. The molecule has 0 aromatic heterocycles. The maximum atomic E-state index is 11.5. The van der Waals surface area contributed by atoms with E-state index in [2.05, 4.69) is 42.7 Å². The van der Waals surface area contributed by atoms with E-state index in [1.807, 2.05) is 0 Å². The normalized spacial score (nSPS) is 20.6. The first-order valence-corrected chi connectivity index (χ1v) is 6.26. The number of rotatable bonds is 2. The molecule has 1 aliphatic heterocycles. The zero-order chi connectivity index (χ0) is 12.3. The van der Waals surface area contributed by atoms with Gasteiger partial charge in [-0.1, -0.05) is 12.1 Å². The highest BCUT2D eigenvalue weighted by atomic mass is 16.1. The quantitative estimate of drug-likeness (QED) is 0.822. The van der Waals surface area contributed by atoms with Crippen molar-refractivity contribution in [3.05, 3.63) is 29.3 Å². The number of hydrogen-bond acceptors (Lipinski definition) is 2. The molecule has 0 aliphatic carbocycles. The van der Waals surface area contributed by atoms with E-state index in [-0.39, 0.29) is 11.9 Å². The Bertz CT molecular complexity index is 415. The summed E-state index contributed by atoms with van der Waals surface area (Å²) in [5.41, 5.74) is 3.72. The van der Waals surface area contributed by atoms with Crippen molar-refractivity contribution < 1.29 is 4.79 Å². The lowest BCUT2D eigenvalue weighted by atomic mass is 10.0. The monoisotopic (exact) mass is 232 g/mol. The third-order valence-corrected chi connectivity index (χ3v) is 3.45. The lowest BCUT2D eigenvalue weighted by Gasteiger charge is -2.19. The van der Waals surface area contributed by atoms with Crippen LogP contribution in [0.1, 0.15) is 30.4 Å². The molecule has 1 aromatic carbocycles. The average Bonchev–Trinajstić information content (AvgIpc) is 2.49. The lowest BCUT2D eigenvalue weighted by molar-refractivity contribution is -0.120. The molecule has 0 saturated carbocycles. The molecule has 0 bridgehead atoms. The summed E-state index contributed by atoms with van der Waals surface area (Å²) in [6, 6.07) is 6.52. The lowest BCUT2D eigenvalue weighted by Crippen LogP contribution is -2.27. The third-order valence-electron chi connectivity index (χ3n) is 3.45. The van der Waals surface area contributed by atoms with Crippen molar-refractivity contribution in [1.82, 2.24) is 5.32 Å². The molecule has 3 nitrogen and oxygen atoms in total. The minimum Gasteiger partial charge on any atom is -0.382 e. The van der Waals surface area contributed by atoms with Gasteiger partial charge in [0.1, 0.15) is 0 Å². The Labute approximate surface area is 103 Å². The third kappa shape index (κ3) is 2.99. The summed E-state index contributed by atoms with van der Waals surface area (Å²) < 4.78 is 0. The van der Waals surface area contributed by atoms with Crippen LogP contribution in [0, 0.1) is 13.8 Å². The van der Waals surface area contributed by atoms with Crippen LogP contribution in [0.25, 0.3) is 0 Å². The van der Waals surface area contributed by atoms with Gasteiger partial charge >= 0.3 is 0 Å². The molecule has 2 N–H and O–H groups in total. The van der Waals surface area contributed by atoms with Gasteiger partial charge in [0, 0.05) is 24.7 Å². The summed E-state index contributed by atoms with van der Waals surface area (Å²) in [5.74, 6) is 0.158. The first-order valence-electron chi connectivity index (χ1n) is 6.26. The van der Waals surface area contributed by atoms with Crippen LogP contribution in [0.3, 0.4) is 0 Å². The van der Waals surface area contributed by atoms with Crippen molar-refractivity contribution in [2.24, 2.45) is 0 Å². The van der Waals surface area contributed by atoms with E-state index in [0.717, 1.165) is 25.1 Å². The zero-order valence-electron chi connectivity index (χ0n) is 10.5. The Morgan fingerprint density at radius 3 is 3.00 bits per heavy atom. The number of carbonyl (C=O) groups excluding carboxylic acids is 1. The van der Waals surface area contributed by atoms with Crippen LogP contribution in [0.15, 0.2) is 18.2 Å². The Hall–Kier alpha value is -1.51. The first kappa shape index (κ1) is 12.0. The van der Waals surface area contributed by atoms with Crippen LogP contribution < -0.4 is 10.6 Å². The second kappa shape index (κ2) is 5.21. The van der Waals surface area contributed by atoms with E-state index in [0.29, 0.717) is 6.42 Å². The zero-order valence-corrected chi connectivity index (χ0v) is 10.5. The molecular formula is C14H20N2O. The van der Waals surface area contributed by atoms with E-state index < -0.39 is 0 Å². The molecule has 0 radical (unpaired) electrons. The van der Waals surface area contributed by atoms with E-state index in [1.165, 1.54) is 11.1 Å². The fraction of sp³-hybridized carbons (Fsp3) is 0.500. The van der Waals surface area contributed by atoms with Gasteiger partial charge < -0.3 is 10.6 Å². The molecule has 1 amide bonds. The fourth-order valence-electron chi connectivity index (χ4n) is 2.22. The summed E-state index contributed by atoms with van der Waals surface area (Å²) in [6.07, 6.45) is 2.67. The van der Waals surface area contributed by atoms with Crippen LogP contribution in [-0.4, -0.2) is 18.5 Å². The molecule has 1 atom stereocenters. The number of amides is 1. The summed E-state index contributed by atoms with van der Waals surface area (Å²) in [7, 11) is 0. The Morgan fingerprint density at radius 2 is 2.18 bits per heavy atom. The largest absolute Gasteiger partial charge is 0.382 e. The van der Waals surface area contributed by atoms with E-state index >= 15 is 0 Å². The molecule has 1 fully saturated rings. The molecule has 1 aliphatic rings. The molecule has 0 spiro atoms. The number of hydrogen-bond donors (Lipinski definition) is 2. The number of anilines is 1. The van der Waals surface area contributed by atoms with Gasteiger partial charge in [0.25, 0.3) is 0 Å². The van der Waals surface area contributed by atoms with Gasteiger partial charge in [-0.2, -0.15) is 0 Å². The van der Waals surface area contributed by atoms with Gasteiger partial charge in [0.2, 0.25) is 5.91 Å². The molecule has 2 rings (SSSR count). The molecule has 3 heteroatoms. The maximum absolute atomic E-state index is 11.5. The summed E-state index contributed by atoms with van der Waals surface area (Å²) >= 11 is 0.